The molecule has 0 saturated carbocycles. The third-order valence-corrected chi connectivity index (χ3v) is 2.74. The van der Waals surface area contributed by atoms with E-state index in [1.165, 1.54) is 0 Å². The average molecular weight is 260 g/mol. The SMILES string of the molecule is CCCNc1ncccc1C(=O)N(CC)CCC#N. The van der Waals surface area contributed by atoms with Crippen LogP contribution in [0.5, 0.6) is 0 Å². The highest BCUT2D eigenvalue weighted by molar-refractivity contribution is 5.98. The van der Waals surface area contributed by atoms with Crippen LogP contribution in [0.2, 0.25) is 0 Å². The number of carbonyl (C=O) groups excluding carboxylic acids is 1. The zero-order chi connectivity index (χ0) is 14.1. The molecule has 0 spiro atoms. The number of rotatable bonds is 7. The van der Waals surface area contributed by atoms with Crippen LogP contribution in [-0.4, -0.2) is 35.4 Å². The van der Waals surface area contributed by atoms with Gasteiger partial charge in [0.1, 0.15) is 5.82 Å². The van der Waals surface area contributed by atoms with Crippen LogP contribution in [-0.2, 0) is 0 Å². The average Bonchev–Trinajstić information content (AvgIpc) is 2.46. The van der Waals surface area contributed by atoms with Gasteiger partial charge in [-0.15, -0.1) is 0 Å². The summed E-state index contributed by atoms with van der Waals surface area (Å²) in [5, 5.41) is 11.8. The standard InChI is InChI=1S/C14H20N4O/c1-3-9-16-13-12(7-5-10-17-13)14(19)18(4-2)11-6-8-15/h5,7,10H,3-4,6,9,11H2,1-2H3,(H,16,17). The van der Waals surface area contributed by atoms with Crippen LogP contribution < -0.4 is 5.32 Å². The van der Waals surface area contributed by atoms with E-state index in [-0.39, 0.29) is 5.91 Å². The quantitative estimate of drug-likeness (QED) is 0.816. The van der Waals surface area contributed by atoms with Crippen molar-refractivity contribution in [1.82, 2.24) is 9.88 Å². The lowest BCUT2D eigenvalue weighted by Gasteiger charge is -2.20. The van der Waals surface area contributed by atoms with E-state index in [2.05, 4.69) is 23.3 Å². The monoisotopic (exact) mass is 260 g/mol. The zero-order valence-corrected chi connectivity index (χ0v) is 11.5. The predicted octanol–water partition coefficient (Wildman–Crippen LogP) is 2.28. The number of nitrogens with zero attached hydrogens (tertiary/aromatic N) is 3. The maximum Gasteiger partial charge on any atom is 0.257 e. The Kier molecular flexibility index (Phi) is 6.37. The summed E-state index contributed by atoms with van der Waals surface area (Å²) in [4.78, 5) is 18.3. The minimum absolute atomic E-state index is 0.0792. The summed E-state index contributed by atoms with van der Waals surface area (Å²) in [6, 6.07) is 5.58. The van der Waals surface area contributed by atoms with Gasteiger partial charge in [0, 0.05) is 25.8 Å². The third kappa shape index (κ3) is 4.25. The molecule has 0 aliphatic heterocycles. The minimum Gasteiger partial charge on any atom is -0.369 e. The Morgan fingerprint density at radius 1 is 1.53 bits per heavy atom. The summed E-state index contributed by atoms with van der Waals surface area (Å²) in [6.45, 7) is 5.78. The van der Waals surface area contributed by atoms with Crippen molar-refractivity contribution in [2.75, 3.05) is 25.0 Å². The van der Waals surface area contributed by atoms with E-state index in [0.29, 0.717) is 30.9 Å². The molecule has 0 unspecified atom stereocenters. The van der Waals surface area contributed by atoms with Crippen molar-refractivity contribution >= 4 is 11.7 Å². The maximum atomic E-state index is 12.4. The van der Waals surface area contributed by atoms with Crippen molar-refractivity contribution in [3.8, 4) is 6.07 Å². The third-order valence-electron chi connectivity index (χ3n) is 2.74. The Balaban J connectivity index is 2.88. The number of amides is 1. The lowest BCUT2D eigenvalue weighted by atomic mass is 10.2. The molecule has 1 heterocycles. The van der Waals surface area contributed by atoms with Gasteiger partial charge in [-0.3, -0.25) is 4.79 Å². The van der Waals surface area contributed by atoms with Gasteiger partial charge in [0.15, 0.2) is 0 Å². The van der Waals surface area contributed by atoms with Gasteiger partial charge < -0.3 is 10.2 Å². The van der Waals surface area contributed by atoms with Crippen molar-refractivity contribution < 1.29 is 4.79 Å². The molecule has 0 atom stereocenters. The molecular formula is C14H20N4O. The molecule has 0 aliphatic rings. The fourth-order valence-electron chi connectivity index (χ4n) is 1.72. The Hall–Kier alpha value is -2.09. The van der Waals surface area contributed by atoms with Crippen molar-refractivity contribution in [2.24, 2.45) is 0 Å². The highest BCUT2D eigenvalue weighted by Gasteiger charge is 2.17. The summed E-state index contributed by atoms with van der Waals surface area (Å²) in [6.07, 6.45) is 2.98. The highest BCUT2D eigenvalue weighted by Crippen LogP contribution is 2.14. The van der Waals surface area contributed by atoms with Gasteiger partial charge in [0.25, 0.3) is 5.91 Å². The molecule has 0 bridgehead atoms. The van der Waals surface area contributed by atoms with Gasteiger partial charge in [-0.05, 0) is 25.5 Å². The summed E-state index contributed by atoms with van der Waals surface area (Å²) in [5.74, 6) is 0.536. The molecule has 0 fully saturated rings. The molecule has 5 nitrogen and oxygen atoms in total. The van der Waals surface area contributed by atoms with E-state index in [0.717, 1.165) is 13.0 Å². The van der Waals surface area contributed by atoms with E-state index in [9.17, 15) is 4.79 Å². The topological polar surface area (TPSA) is 69.0 Å². The lowest BCUT2D eigenvalue weighted by Crippen LogP contribution is -2.32. The van der Waals surface area contributed by atoms with Crippen LogP contribution in [0.4, 0.5) is 5.82 Å². The first-order chi connectivity index (χ1) is 9.24. The van der Waals surface area contributed by atoms with E-state index < -0.39 is 0 Å². The molecule has 1 aromatic heterocycles. The Labute approximate surface area is 114 Å². The molecule has 1 N–H and O–H groups in total. The van der Waals surface area contributed by atoms with Crippen molar-refractivity contribution in [1.29, 1.82) is 5.26 Å². The van der Waals surface area contributed by atoms with Gasteiger partial charge in [-0.25, -0.2) is 4.98 Å². The van der Waals surface area contributed by atoms with Gasteiger partial charge in [0.2, 0.25) is 0 Å². The van der Waals surface area contributed by atoms with Crippen molar-refractivity contribution in [3.05, 3.63) is 23.9 Å². The first kappa shape index (κ1) is 15.0. The first-order valence-corrected chi connectivity index (χ1v) is 6.59. The second-order valence-electron chi connectivity index (χ2n) is 4.12. The number of carbonyl (C=O) groups is 1. The highest BCUT2D eigenvalue weighted by atomic mass is 16.2. The smallest absolute Gasteiger partial charge is 0.257 e. The Bertz CT molecular complexity index is 453. The zero-order valence-electron chi connectivity index (χ0n) is 11.5. The number of hydrogen-bond acceptors (Lipinski definition) is 4. The molecule has 0 saturated heterocycles. The molecule has 1 aromatic rings. The molecule has 102 valence electrons. The second-order valence-corrected chi connectivity index (χ2v) is 4.12. The van der Waals surface area contributed by atoms with Crippen LogP contribution in [0.3, 0.4) is 0 Å². The minimum atomic E-state index is -0.0792. The molecule has 0 radical (unpaired) electrons. The van der Waals surface area contributed by atoms with Crippen LogP contribution >= 0.6 is 0 Å². The van der Waals surface area contributed by atoms with E-state index in [1.54, 1.807) is 23.2 Å². The van der Waals surface area contributed by atoms with E-state index in [4.69, 9.17) is 5.26 Å². The molecular weight excluding hydrogens is 240 g/mol. The van der Waals surface area contributed by atoms with Crippen LogP contribution in [0.15, 0.2) is 18.3 Å². The van der Waals surface area contributed by atoms with E-state index in [1.807, 2.05) is 6.92 Å². The number of nitriles is 1. The number of pyridine rings is 1. The molecule has 1 amide bonds. The van der Waals surface area contributed by atoms with E-state index >= 15 is 0 Å². The van der Waals surface area contributed by atoms with Crippen LogP contribution in [0, 0.1) is 11.3 Å². The predicted molar refractivity (Wildman–Crippen MR) is 74.8 cm³/mol. The van der Waals surface area contributed by atoms with Crippen LogP contribution in [0.25, 0.3) is 0 Å². The number of anilines is 1. The van der Waals surface area contributed by atoms with Crippen molar-refractivity contribution in [2.45, 2.75) is 26.7 Å². The lowest BCUT2D eigenvalue weighted by molar-refractivity contribution is 0.0768. The van der Waals surface area contributed by atoms with Gasteiger partial charge >= 0.3 is 0 Å². The van der Waals surface area contributed by atoms with Gasteiger partial charge in [0.05, 0.1) is 18.1 Å². The number of nitrogens with one attached hydrogen (secondary N) is 1. The Morgan fingerprint density at radius 3 is 2.95 bits per heavy atom. The molecule has 19 heavy (non-hydrogen) atoms. The maximum absolute atomic E-state index is 12.4. The van der Waals surface area contributed by atoms with Gasteiger partial charge in [-0.2, -0.15) is 5.26 Å². The van der Waals surface area contributed by atoms with Gasteiger partial charge in [-0.1, -0.05) is 6.92 Å². The molecule has 0 aromatic carbocycles. The summed E-state index contributed by atoms with van der Waals surface area (Å²) < 4.78 is 0. The normalized spacial score (nSPS) is 9.74. The first-order valence-electron chi connectivity index (χ1n) is 6.59. The summed E-state index contributed by atoms with van der Waals surface area (Å²) >= 11 is 0. The fraction of sp³-hybridized carbons (Fsp3) is 0.500. The molecule has 0 aliphatic carbocycles. The summed E-state index contributed by atoms with van der Waals surface area (Å²) in [5.41, 5.74) is 0.565. The van der Waals surface area contributed by atoms with Crippen molar-refractivity contribution in [3.63, 3.8) is 0 Å². The molecule has 5 heteroatoms. The number of hydrogen-bond donors (Lipinski definition) is 1. The Morgan fingerprint density at radius 2 is 2.32 bits per heavy atom. The molecule has 1 rings (SSSR count). The second kappa shape index (κ2) is 8.09. The van der Waals surface area contributed by atoms with Crippen LogP contribution in [0.1, 0.15) is 37.0 Å². The summed E-state index contributed by atoms with van der Waals surface area (Å²) in [7, 11) is 0. The largest absolute Gasteiger partial charge is 0.369 e. The number of aromatic nitrogens is 1. The fourth-order valence-corrected chi connectivity index (χ4v) is 1.72.